The molecule has 6 nitrogen and oxygen atoms in total. The van der Waals surface area contributed by atoms with Crippen LogP contribution in [0.4, 0.5) is 0 Å². The van der Waals surface area contributed by atoms with Gasteiger partial charge in [0.1, 0.15) is 6.04 Å². The summed E-state index contributed by atoms with van der Waals surface area (Å²) in [5.41, 5.74) is 6.53. The Morgan fingerprint density at radius 1 is 1.56 bits per heavy atom. The van der Waals surface area contributed by atoms with E-state index in [1.54, 1.807) is 12.1 Å². The summed E-state index contributed by atoms with van der Waals surface area (Å²) in [5.74, 6) is -1.22. The molecule has 1 fully saturated rings. The lowest BCUT2D eigenvalue weighted by Crippen LogP contribution is -2.40. The number of aromatic nitrogens is 1. The predicted molar refractivity (Wildman–Crippen MR) is 63.8 cm³/mol. The molecular weight excluding hydrogens is 234 g/mol. The van der Waals surface area contributed by atoms with E-state index >= 15 is 0 Å². The Morgan fingerprint density at radius 3 is 3.00 bits per heavy atom. The minimum atomic E-state index is -0.950. The van der Waals surface area contributed by atoms with E-state index in [-0.39, 0.29) is 12.5 Å². The molecule has 1 aromatic rings. The summed E-state index contributed by atoms with van der Waals surface area (Å²) in [6.45, 7) is 0.736. The zero-order valence-corrected chi connectivity index (χ0v) is 9.87. The molecule has 3 N–H and O–H groups in total. The van der Waals surface area contributed by atoms with Crippen LogP contribution in [0.2, 0.25) is 0 Å². The molecule has 1 unspecified atom stereocenters. The molecule has 1 amide bonds. The highest BCUT2D eigenvalue weighted by Gasteiger charge is 2.34. The second-order valence-electron chi connectivity index (χ2n) is 4.23. The number of aliphatic carboxylic acids is 1. The van der Waals surface area contributed by atoms with Crippen LogP contribution in [-0.2, 0) is 11.3 Å². The van der Waals surface area contributed by atoms with E-state index in [1.807, 2.05) is 0 Å². The lowest BCUT2D eigenvalue weighted by molar-refractivity contribution is -0.141. The number of carbonyl (C=O) groups excluding carboxylic acids is 1. The van der Waals surface area contributed by atoms with Gasteiger partial charge in [0.15, 0.2) is 0 Å². The van der Waals surface area contributed by atoms with Gasteiger partial charge in [0.2, 0.25) is 0 Å². The summed E-state index contributed by atoms with van der Waals surface area (Å²) in [4.78, 5) is 28.7. The minimum Gasteiger partial charge on any atom is -0.480 e. The maximum atomic E-state index is 12.2. The van der Waals surface area contributed by atoms with Crippen molar-refractivity contribution in [2.24, 2.45) is 5.73 Å². The van der Waals surface area contributed by atoms with Crippen molar-refractivity contribution in [3.63, 3.8) is 0 Å². The number of carbonyl (C=O) groups is 2. The largest absolute Gasteiger partial charge is 0.480 e. The van der Waals surface area contributed by atoms with E-state index in [9.17, 15) is 9.59 Å². The van der Waals surface area contributed by atoms with Crippen LogP contribution in [0.5, 0.6) is 0 Å². The maximum Gasteiger partial charge on any atom is 0.326 e. The quantitative estimate of drug-likeness (QED) is 0.799. The van der Waals surface area contributed by atoms with Gasteiger partial charge in [-0.15, -0.1) is 0 Å². The zero-order valence-electron chi connectivity index (χ0n) is 9.87. The normalized spacial score (nSPS) is 18.9. The number of rotatable bonds is 3. The number of pyridine rings is 1. The number of amides is 1. The number of hydrogen-bond donors (Lipinski definition) is 2. The Bertz CT molecular complexity index is 475. The van der Waals surface area contributed by atoms with Crippen LogP contribution in [0.1, 0.15) is 28.9 Å². The summed E-state index contributed by atoms with van der Waals surface area (Å²) < 4.78 is 0. The number of nitrogens with zero attached hydrogens (tertiary/aromatic N) is 2. The number of likely N-dealkylation sites (tertiary alicyclic amines) is 1. The van der Waals surface area contributed by atoms with Gasteiger partial charge in [-0.25, -0.2) is 4.79 Å². The Kier molecular flexibility index (Phi) is 3.57. The van der Waals surface area contributed by atoms with Crippen LogP contribution in [0, 0.1) is 0 Å². The molecule has 6 heteroatoms. The van der Waals surface area contributed by atoms with Crippen molar-refractivity contribution in [3.05, 3.63) is 29.6 Å². The predicted octanol–water partition coefficient (Wildman–Crippen LogP) is 0.229. The third-order valence-electron chi connectivity index (χ3n) is 3.07. The van der Waals surface area contributed by atoms with Crippen molar-refractivity contribution in [2.45, 2.75) is 25.4 Å². The molecule has 0 aromatic carbocycles. The van der Waals surface area contributed by atoms with Crippen molar-refractivity contribution in [1.29, 1.82) is 0 Å². The monoisotopic (exact) mass is 249 g/mol. The van der Waals surface area contributed by atoms with E-state index in [0.717, 1.165) is 6.42 Å². The highest BCUT2D eigenvalue weighted by Crippen LogP contribution is 2.20. The number of carboxylic acids is 1. The van der Waals surface area contributed by atoms with Gasteiger partial charge >= 0.3 is 5.97 Å². The first kappa shape index (κ1) is 12.5. The summed E-state index contributed by atoms with van der Waals surface area (Å²) >= 11 is 0. The molecule has 0 aliphatic carbocycles. The van der Waals surface area contributed by atoms with Crippen LogP contribution in [0.15, 0.2) is 18.3 Å². The minimum absolute atomic E-state index is 0.253. The van der Waals surface area contributed by atoms with Gasteiger partial charge in [-0.3, -0.25) is 9.78 Å². The third kappa shape index (κ3) is 2.33. The summed E-state index contributed by atoms with van der Waals surface area (Å²) in [5, 5.41) is 9.05. The number of nitrogens with two attached hydrogens (primary N) is 1. The van der Waals surface area contributed by atoms with E-state index in [1.165, 1.54) is 11.1 Å². The van der Waals surface area contributed by atoms with Crippen LogP contribution < -0.4 is 5.73 Å². The van der Waals surface area contributed by atoms with Crippen LogP contribution >= 0.6 is 0 Å². The molecule has 1 aromatic heterocycles. The molecule has 18 heavy (non-hydrogen) atoms. The molecule has 2 heterocycles. The lowest BCUT2D eigenvalue weighted by atomic mass is 10.1. The molecule has 0 spiro atoms. The number of carboxylic acid groups (broad SMARTS) is 1. The SMILES string of the molecule is NCc1cc(C(=O)N2CCCC2C(=O)O)ccn1. The van der Waals surface area contributed by atoms with Crippen molar-refractivity contribution in [2.75, 3.05) is 6.54 Å². The Labute approximate surface area is 104 Å². The van der Waals surface area contributed by atoms with Crippen molar-refractivity contribution < 1.29 is 14.7 Å². The van der Waals surface area contributed by atoms with Gasteiger partial charge in [0.05, 0.1) is 5.69 Å². The first-order chi connectivity index (χ1) is 8.63. The van der Waals surface area contributed by atoms with E-state index in [2.05, 4.69) is 4.98 Å². The van der Waals surface area contributed by atoms with Crippen LogP contribution in [0.3, 0.4) is 0 Å². The molecule has 0 bridgehead atoms. The molecule has 2 rings (SSSR count). The van der Waals surface area contributed by atoms with E-state index in [0.29, 0.717) is 24.2 Å². The van der Waals surface area contributed by atoms with Gasteiger partial charge in [-0.1, -0.05) is 0 Å². The van der Waals surface area contributed by atoms with Crippen LogP contribution in [-0.4, -0.2) is 39.5 Å². The highest BCUT2D eigenvalue weighted by atomic mass is 16.4. The molecule has 1 aliphatic rings. The smallest absolute Gasteiger partial charge is 0.326 e. The Hall–Kier alpha value is -1.95. The molecular formula is C12H15N3O3. The van der Waals surface area contributed by atoms with Crippen molar-refractivity contribution >= 4 is 11.9 Å². The summed E-state index contributed by atoms with van der Waals surface area (Å²) in [7, 11) is 0. The fourth-order valence-corrected chi connectivity index (χ4v) is 2.16. The molecule has 1 aliphatic heterocycles. The molecule has 96 valence electrons. The standard InChI is InChI=1S/C12H15N3O3/c13-7-9-6-8(3-4-14-9)11(16)15-5-1-2-10(15)12(17)18/h3-4,6,10H,1-2,5,7,13H2,(H,17,18). The van der Waals surface area contributed by atoms with Gasteiger partial charge in [0.25, 0.3) is 5.91 Å². The first-order valence-electron chi connectivity index (χ1n) is 5.82. The van der Waals surface area contributed by atoms with Gasteiger partial charge in [0, 0.05) is 24.8 Å². The fraction of sp³-hybridized carbons (Fsp3) is 0.417. The molecule has 1 saturated heterocycles. The molecule has 0 radical (unpaired) electrons. The average molecular weight is 249 g/mol. The Balaban J connectivity index is 2.22. The topological polar surface area (TPSA) is 96.5 Å². The highest BCUT2D eigenvalue weighted by molar-refractivity contribution is 5.96. The van der Waals surface area contributed by atoms with E-state index in [4.69, 9.17) is 10.8 Å². The molecule has 1 atom stereocenters. The maximum absolute atomic E-state index is 12.2. The summed E-state index contributed by atoms with van der Waals surface area (Å²) in [6, 6.07) is 2.48. The van der Waals surface area contributed by atoms with E-state index < -0.39 is 12.0 Å². The van der Waals surface area contributed by atoms with Gasteiger partial charge < -0.3 is 15.7 Å². The fourth-order valence-electron chi connectivity index (χ4n) is 2.16. The van der Waals surface area contributed by atoms with Gasteiger partial charge in [-0.05, 0) is 25.0 Å². The van der Waals surface area contributed by atoms with Crippen molar-refractivity contribution in [3.8, 4) is 0 Å². The van der Waals surface area contributed by atoms with Crippen LogP contribution in [0.25, 0.3) is 0 Å². The number of hydrogen-bond acceptors (Lipinski definition) is 4. The summed E-state index contributed by atoms with van der Waals surface area (Å²) in [6.07, 6.45) is 2.74. The lowest BCUT2D eigenvalue weighted by Gasteiger charge is -2.21. The second-order valence-corrected chi connectivity index (χ2v) is 4.23. The van der Waals surface area contributed by atoms with Crippen molar-refractivity contribution in [1.82, 2.24) is 9.88 Å². The first-order valence-corrected chi connectivity index (χ1v) is 5.82. The zero-order chi connectivity index (χ0) is 13.1. The van der Waals surface area contributed by atoms with Gasteiger partial charge in [-0.2, -0.15) is 0 Å². The second kappa shape index (κ2) is 5.14. The molecule has 0 saturated carbocycles. The Morgan fingerprint density at radius 2 is 2.33 bits per heavy atom. The average Bonchev–Trinajstić information content (AvgIpc) is 2.87. The third-order valence-corrected chi connectivity index (χ3v) is 3.07.